The summed E-state index contributed by atoms with van der Waals surface area (Å²) in [6, 6.07) is 15.1. The maximum absolute atomic E-state index is 12.8. The standard InChI is InChI=1S/C21H27N3O3S/c1-16-9-10-20(13-17(16)2)28(26,27)23(3)15-21(25)24-12-11-19(14-24)22-18-7-5-4-6-8-18/h4-10,13,19,22H,11-12,14-15H2,1-3H3. The number of nitrogens with one attached hydrogen (secondary N) is 1. The third kappa shape index (κ3) is 4.54. The molecule has 1 fully saturated rings. The molecule has 1 heterocycles. The number of carbonyl (C=O) groups excluding carboxylic acids is 1. The van der Waals surface area contributed by atoms with Crippen LogP contribution >= 0.6 is 0 Å². The van der Waals surface area contributed by atoms with Gasteiger partial charge in [0.1, 0.15) is 0 Å². The van der Waals surface area contributed by atoms with Gasteiger partial charge in [-0.3, -0.25) is 4.79 Å². The molecule has 1 aliphatic heterocycles. The molecule has 3 rings (SSSR count). The predicted molar refractivity (Wildman–Crippen MR) is 111 cm³/mol. The molecule has 7 heteroatoms. The summed E-state index contributed by atoms with van der Waals surface area (Å²) < 4.78 is 26.7. The molecular weight excluding hydrogens is 374 g/mol. The lowest BCUT2D eigenvalue weighted by Crippen LogP contribution is -2.40. The van der Waals surface area contributed by atoms with Crippen LogP contribution in [0.2, 0.25) is 0 Å². The molecule has 2 aromatic carbocycles. The minimum absolute atomic E-state index is 0.159. The van der Waals surface area contributed by atoms with Crippen molar-refractivity contribution >= 4 is 21.6 Å². The van der Waals surface area contributed by atoms with Crippen LogP contribution in [0.3, 0.4) is 0 Å². The lowest BCUT2D eigenvalue weighted by atomic mass is 10.1. The number of hydrogen-bond donors (Lipinski definition) is 1. The molecule has 1 unspecified atom stereocenters. The van der Waals surface area contributed by atoms with Gasteiger partial charge in [-0.2, -0.15) is 4.31 Å². The molecule has 0 aliphatic carbocycles. The first-order chi connectivity index (χ1) is 13.3. The van der Waals surface area contributed by atoms with E-state index in [2.05, 4.69) is 5.32 Å². The van der Waals surface area contributed by atoms with Crippen LogP contribution in [0.5, 0.6) is 0 Å². The number of nitrogens with zero attached hydrogens (tertiary/aromatic N) is 2. The largest absolute Gasteiger partial charge is 0.380 e. The molecule has 0 bridgehead atoms. The minimum atomic E-state index is -3.69. The Hall–Kier alpha value is -2.38. The van der Waals surface area contributed by atoms with E-state index in [0.717, 1.165) is 27.5 Å². The predicted octanol–water partition coefficient (Wildman–Crippen LogP) is 2.64. The first-order valence-corrected chi connectivity index (χ1v) is 10.8. The maximum Gasteiger partial charge on any atom is 0.243 e. The normalized spacial score (nSPS) is 17.1. The first-order valence-electron chi connectivity index (χ1n) is 9.40. The van der Waals surface area contributed by atoms with E-state index < -0.39 is 10.0 Å². The molecule has 1 aliphatic rings. The lowest BCUT2D eigenvalue weighted by molar-refractivity contribution is -0.130. The highest BCUT2D eigenvalue weighted by Crippen LogP contribution is 2.20. The Kier molecular flexibility index (Phi) is 6.05. The number of hydrogen-bond acceptors (Lipinski definition) is 4. The van der Waals surface area contributed by atoms with Gasteiger partial charge in [-0.15, -0.1) is 0 Å². The van der Waals surface area contributed by atoms with E-state index in [0.29, 0.717) is 13.1 Å². The molecular formula is C21H27N3O3S. The van der Waals surface area contributed by atoms with Gasteiger partial charge in [0, 0.05) is 31.9 Å². The number of carbonyl (C=O) groups is 1. The fraction of sp³-hybridized carbons (Fsp3) is 0.381. The van der Waals surface area contributed by atoms with Gasteiger partial charge in [-0.1, -0.05) is 24.3 Å². The number of amides is 1. The van der Waals surface area contributed by atoms with E-state index in [9.17, 15) is 13.2 Å². The Morgan fingerprint density at radius 2 is 1.86 bits per heavy atom. The molecule has 1 saturated heterocycles. The van der Waals surface area contributed by atoms with Crippen LogP contribution in [0.25, 0.3) is 0 Å². The Bertz CT molecular complexity index is 945. The monoisotopic (exact) mass is 401 g/mol. The van der Waals surface area contributed by atoms with Crippen molar-refractivity contribution < 1.29 is 13.2 Å². The van der Waals surface area contributed by atoms with Gasteiger partial charge in [0.05, 0.1) is 11.4 Å². The van der Waals surface area contributed by atoms with E-state index in [1.54, 1.807) is 23.1 Å². The topological polar surface area (TPSA) is 69.7 Å². The number of anilines is 1. The molecule has 150 valence electrons. The molecule has 28 heavy (non-hydrogen) atoms. The number of rotatable bonds is 6. The van der Waals surface area contributed by atoms with Crippen molar-refractivity contribution in [2.75, 3.05) is 32.0 Å². The van der Waals surface area contributed by atoms with Crippen LogP contribution in [-0.4, -0.2) is 56.3 Å². The number of sulfonamides is 1. The minimum Gasteiger partial charge on any atom is -0.380 e. The van der Waals surface area contributed by atoms with Crippen LogP contribution in [0, 0.1) is 13.8 Å². The maximum atomic E-state index is 12.8. The summed E-state index contributed by atoms with van der Waals surface area (Å²) in [6.45, 7) is 4.86. The van der Waals surface area contributed by atoms with E-state index in [1.165, 1.54) is 7.05 Å². The van der Waals surface area contributed by atoms with Gasteiger partial charge in [-0.05, 0) is 55.7 Å². The van der Waals surface area contributed by atoms with Crippen molar-refractivity contribution in [1.82, 2.24) is 9.21 Å². The highest BCUT2D eigenvalue weighted by molar-refractivity contribution is 7.89. The molecule has 0 saturated carbocycles. The first kappa shape index (κ1) is 20.4. The van der Waals surface area contributed by atoms with E-state index >= 15 is 0 Å². The third-order valence-electron chi connectivity index (χ3n) is 5.23. The van der Waals surface area contributed by atoms with Crippen molar-refractivity contribution in [3.63, 3.8) is 0 Å². The molecule has 2 aromatic rings. The van der Waals surface area contributed by atoms with Crippen molar-refractivity contribution in [2.45, 2.75) is 31.2 Å². The summed E-state index contributed by atoms with van der Waals surface area (Å²) in [5.74, 6) is -0.174. The second-order valence-electron chi connectivity index (χ2n) is 7.34. The van der Waals surface area contributed by atoms with Crippen LogP contribution in [0.15, 0.2) is 53.4 Å². The van der Waals surface area contributed by atoms with E-state index in [1.807, 2.05) is 44.2 Å². The summed E-state index contributed by atoms with van der Waals surface area (Å²) in [4.78, 5) is 14.6. The number of aryl methyl sites for hydroxylation is 2. The SMILES string of the molecule is Cc1ccc(S(=O)(=O)N(C)CC(=O)N2CCC(Nc3ccccc3)C2)cc1C. The van der Waals surface area contributed by atoms with E-state index in [-0.39, 0.29) is 23.4 Å². The number of benzene rings is 2. The molecule has 0 spiro atoms. The van der Waals surface area contributed by atoms with Crippen molar-refractivity contribution in [2.24, 2.45) is 0 Å². The summed E-state index contributed by atoms with van der Waals surface area (Å²) in [6.07, 6.45) is 0.842. The van der Waals surface area contributed by atoms with Crippen molar-refractivity contribution in [3.8, 4) is 0 Å². The summed E-state index contributed by atoms with van der Waals surface area (Å²) in [7, 11) is -2.24. The number of para-hydroxylation sites is 1. The second-order valence-corrected chi connectivity index (χ2v) is 9.39. The smallest absolute Gasteiger partial charge is 0.243 e. The molecule has 1 N–H and O–H groups in total. The third-order valence-corrected chi connectivity index (χ3v) is 7.03. The Morgan fingerprint density at radius 1 is 1.14 bits per heavy atom. The van der Waals surface area contributed by atoms with Crippen molar-refractivity contribution in [1.29, 1.82) is 0 Å². The zero-order valence-corrected chi connectivity index (χ0v) is 17.4. The van der Waals surface area contributed by atoms with Crippen molar-refractivity contribution in [3.05, 3.63) is 59.7 Å². The van der Waals surface area contributed by atoms with Gasteiger partial charge in [0.25, 0.3) is 0 Å². The summed E-state index contributed by atoms with van der Waals surface area (Å²) >= 11 is 0. The van der Waals surface area contributed by atoms with Crippen LogP contribution < -0.4 is 5.32 Å². The molecule has 0 aromatic heterocycles. The summed E-state index contributed by atoms with van der Waals surface area (Å²) in [5.41, 5.74) is 2.97. The summed E-state index contributed by atoms with van der Waals surface area (Å²) in [5, 5.41) is 3.42. The highest BCUT2D eigenvalue weighted by Gasteiger charge is 2.30. The number of likely N-dealkylation sites (N-methyl/N-ethyl adjacent to an activating group) is 1. The van der Waals surface area contributed by atoms with Gasteiger partial charge >= 0.3 is 0 Å². The fourth-order valence-electron chi connectivity index (χ4n) is 3.30. The van der Waals surface area contributed by atoms with Gasteiger partial charge in [0.15, 0.2) is 0 Å². The zero-order valence-electron chi connectivity index (χ0n) is 16.6. The lowest BCUT2D eigenvalue weighted by Gasteiger charge is -2.22. The fourth-order valence-corrected chi connectivity index (χ4v) is 4.51. The molecule has 1 amide bonds. The highest BCUT2D eigenvalue weighted by atomic mass is 32.2. The Labute approximate surface area is 167 Å². The van der Waals surface area contributed by atoms with Gasteiger partial charge in [0.2, 0.25) is 15.9 Å². The Morgan fingerprint density at radius 3 is 2.54 bits per heavy atom. The van der Waals surface area contributed by atoms with Gasteiger partial charge in [-0.25, -0.2) is 8.42 Å². The van der Waals surface area contributed by atoms with Crippen LogP contribution in [0.1, 0.15) is 17.5 Å². The molecule has 0 radical (unpaired) electrons. The quantitative estimate of drug-likeness (QED) is 0.808. The zero-order chi connectivity index (χ0) is 20.3. The van der Waals surface area contributed by atoms with Gasteiger partial charge < -0.3 is 10.2 Å². The molecule has 6 nitrogen and oxygen atoms in total. The second kappa shape index (κ2) is 8.32. The van der Waals surface area contributed by atoms with Crippen LogP contribution in [-0.2, 0) is 14.8 Å². The van der Waals surface area contributed by atoms with Crippen LogP contribution in [0.4, 0.5) is 5.69 Å². The number of likely N-dealkylation sites (tertiary alicyclic amines) is 1. The molecule has 1 atom stereocenters. The average Bonchev–Trinajstić information content (AvgIpc) is 3.13. The Balaban J connectivity index is 1.60. The average molecular weight is 402 g/mol. The van der Waals surface area contributed by atoms with E-state index in [4.69, 9.17) is 0 Å².